The van der Waals surface area contributed by atoms with Gasteiger partial charge in [0.05, 0.1) is 6.61 Å². The van der Waals surface area contributed by atoms with E-state index in [1.807, 2.05) is 36.4 Å². The van der Waals surface area contributed by atoms with Crippen LogP contribution in [-0.2, 0) is 11.4 Å². The Morgan fingerprint density at radius 2 is 1.43 bits per heavy atom. The molecule has 23 heavy (non-hydrogen) atoms. The molecule has 2 aromatic carbocycles. The van der Waals surface area contributed by atoms with E-state index in [2.05, 4.69) is 16.1 Å². The first-order chi connectivity index (χ1) is 11.3. The fourth-order valence-electron chi connectivity index (χ4n) is 1.84. The zero-order valence-corrected chi connectivity index (χ0v) is 12.6. The maximum atomic E-state index is 11.8. The van der Waals surface area contributed by atoms with Crippen molar-refractivity contribution in [2.75, 3.05) is 13.1 Å². The fraction of sp³-hybridized carbons (Fsp3) is 0.176. The first-order valence-corrected chi connectivity index (χ1v) is 7.28. The summed E-state index contributed by atoms with van der Waals surface area (Å²) < 4.78 is 0. The van der Waals surface area contributed by atoms with E-state index in [1.54, 1.807) is 24.3 Å². The van der Waals surface area contributed by atoms with Crippen LogP contribution in [0.4, 0.5) is 4.79 Å². The number of benzene rings is 2. The molecule has 2 aromatic rings. The van der Waals surface area contributed by atoms with E-state index < -0.39 is 6.03 Å². The molecule has 0 aromatic heterocycles. The summed E-state index contributed by atoms with van der Waals surface area (Å²) in [5.74, 6) is -0.173. The van der Waals surface area contributed by atoms with E-state index in [1.165, 1.54) is 0 Å². The largest absolute Gasteiger partial charge is 0.350 e. The molecule has 2 rings (SSSR count). The highest BCUT2D eigenvalue weighted by Crippen LogP contribution is 1.99. The van der Waals surface area contributed by atoms with Crippen LogP contribution in [0, 0.1) is 0 Å². The molecule has 0 saturated heterocycles. The lowest BCUT2D eigenvalue weighted by Crippen LogP contribution is -2.40. The lowest BCUT2D eigenvalue weighted by molar-refractivity contribution is 0.0491. The van der Waals surface area contributed by atoms with Crippen molar-refractivity contribution < 1.29 is 14.4 Å². The number of carbonyl (C=O) groups excluding carboxylic acids is 2. The first-order valence-electron chi connectivity index (χ1n) is 7.28. The number of carbonyl (C=O) groups is 2. The Hall–Kier alpha value is -2.86. The van der Waals surface area contributed by atoms with Crippen LogP contribution in [0.25, 0.3) is 0 Å². The van der Waals surface area contributed by atoms with E-state index in [0.29, 0.717) is 25.3 Å². The molecule has 0 unspecified atom stereocenters. The van der Waals surface area contributed by atoms with Crippen molar-refractivity contribution in [1.82, 2.24) is 16.1 Å². The summed E-state index contributed by atoms with van der Waals surface area (Å²) in [6.45, 7) is 0.929. The predicted molar refractivity (Wildman–Crippen MR) is 86.5 cm³/mol. The molecule has 6 nitrogen and oxygen atoms in total. The van der Waals surface area contributed by atoms with Crippen LogP contribution in [0.1, 0.15) is 15.9 Å². The molecule has 0 spiro atoms. The van der Waals surface area contributed by atoms with Crippen molar-refractivity contribution in [3.63, 3.8) is 0 Å². The van der Waals surface area contributed by atoms with Gasteiger partial charge in [-0.2, -0.15) is 0 Å². The minimum atomic E-state index is -0.449. The summed E-state index contributed by atoms with van der Waals surface area (Å²) in [5, 5.41) is 5.30. The van der Waals surface area contributed by atoms with E-state index in [4.69, 9.17) is 4.84 Å². The van der Waals surface area contributed by atoms with Crippen LogP contribution in [0.2, 0.25) is 0 Å². The average molecular weight is 313 g/mol. The molecular weight excluding hydrogens is 294 g/mol. The van der Waals surface area contributed by atoms with Crippen LogP contribution in [0.5, 0.6) is 0 Å². The minimum absolute atomic E-state index is 0.173. The Morgan fingerprint density at radius 1 is 0.826 bits per heavy atom. The van der Waals surface area contributed by atoms with Crippen LogP contribution in [-0.4, -0.2) is 25.0 Å². The van der Waals surface area contributed by atoms with Crippen molar-refractivity contribution >= 4 is 11.9 Å². The molecule has 120 valence electrons. The summed E-state index contributed by atoms with van der Waals surface area (Å²) in [7, 11) is 0. The van der Waals surface area contributed by atoms with E-state index >= 15 is 0 Å². The van der Waals surface area contributed by atoms with E-state index in [0.717, 1.165) is 5.56 Å². The van der Waals surface area contributed by atoms with Gasteiger partial charge >= 0.3 is 6.03 Å². The fourth-order valence-corrected chi connectivity index (χ4v) is 1.84. The van der Waals surface area contributed by atoms with Gasteiger partial charge in [-0.3, -0.25) is 9.63 Å². The lowest BCUT2D eigenvalue weighted by Gasteiger charge is -2.09. The van der Waals surface area contributed by atoms with Crippen molar-refractivity contribution in [1.29, 1.82) is 0 Å². The Labute approximate surface area is 134 Å². The van der Waals surface area contributed by atoms with Crippen molar-refractivity contribution in [3.05, 3.63) is 71.8 Å². The zero-order valence-electron chi connectivity index (χ0n) is 12.6. The number of hydrogen-bond donors (Lipinski definition) is 3. The summed E-state index contributed by atoms with van der Waals surface area (Å²) in [4.78, 5) is 28.3. The van der Waals surface area contributed by atoms with Gasteiger partial charge in [0.25, 0.3) is 5.91 Å². The van der Waals surface area contributed by atoms with Gasteiger partial charge in [-0.05, 0) is 17.7 Å². The van der Waals surface area contributed by atoms with Gasteiger partial charge < -0.3 is 10.6 Å². The van der Waals surface area contributed by atoms with Gasteiger partial charge in [0, 0.05) is 18.7 Å². The van der Waals surface area contributed by atoms with Crippen LogP contribution >= 0.6 is 0 Å². The Bertz CT molecular complexity index is 617. The summed E-state index contributed by atoms with van der Waals surface area (Å²) in [5.41, 5.74) is 3.84. The van der Waals surface area contributed by atoms with Crippen LogP contribution in [0.15, 0.2) is 60.7 Å². The summed E-state index contributed by atoms with van der Waals surface area (Å²) >= 11 is 0. The van der Waals surface area contributed by atoms with Gasteiger partial charge in [0.2, 0.25) is 0 Å². The average Bonchev–Trinajstić information content (AvgIpc) is 2.60. The molecule has 6 heteroatoms. The third kappa shape index (κ3) is 6.19. The van der Waals surface area contributed by atoms with Crippen molar-refractivity contribution in [2.24, 2.45) is 0 Å². The van der Waals surface area contributed by atoms with Gasteiger partial charge in [-0.1, -0.05) is 48.5 Å². The quantitative estimate of drug-likeness (QED) is 0.539. The minimum Gasteiger partial charge on any atom is -0.350 e. The van der Waals surface area contributed by atoms with Crippen molar-refractivity contribution in [3.8, 4) is 0 Å². The lowest BCUT2D eigenvalue weighted by atomic mass is 10.2. The maximum Gasteiger partial charge on any atom is 0.338 e. The molecule has 0 heterocycles. The number of hydrogen-bond acceptors (Lipinski definition) is 3. The number of nitrogens with one attached hydrogen (secondary N) is 3. The molecule has 3 amide bonds. The van der Waals surface area contributed by atoms with Crippen LogP contribution < -0.4 is 16.1 Å². The van der Waals surface area contributed by atoms with E-state index in [-0.39, 0.29) is 5.91 Å². The van der Waals surface area contributed by atoms with Gasteiger partial charge in [-0.25, -0.2) is 10.3 Å². The topological polar surface area (TPSA) is 79.5 Å². The molecule has 0 saturated carbocycles. The predicted octanol–water partition coefficient (Wildman–Crippen LogP) is 1.85. The Balaban J connectivity index is 1.55. The first kappa shape index (κ1) is 16.5. The third-order valence-corrected chi connectivity index (χ3v) is 2.98. The Morgan fingerprint density at radius 3 is 2.13 bits per heavy atom. The third-order valence-electron chi connectivity index (χ3n) is 2.98. The molecule has 0 radical (unpaired) electrons. The smallest absolute Gasteiger partial charge is 0.338 e. The Kier molecular flexibility index (Phi) is 6.62. The second-order valence-corrected chi connectivity index (χ2v) is 4.75. The normalized spacial score (nSPS) is 9.91. The van der Waals surface area contributed by atoms with Crippen molar-refractivity contribution in [2.45, 2.75) is 6.61 Å². The molecule has 0 atom stereocenters. The van der Waals surface area contributed by atoms with Gasteiger partial charge in [0.15, 0.2) is 0 Å². The van der Waals surface area contributed by atoms with Gasteiger partial charge in [-0.15, -0.1) is 0 Å². The highest BCUT2D eigenvalue weighted by atomic mass is 16.7. The maximum absolute atomic E-state index is 11.8. The highest BCUT2D eigenvalue weighted by Gasteiger charge is 2.04. The molecule has 0 aliphatic heterocycles. The monoisotopic (exact) mass is 313 g/mol. The number of amides is 3. The molecule has 0 aliphatic rings. The summed E-state index contributed by atoms with van der Waals surface area (Å²) in [6, 6.07) is 18.0. The molecular formula is C17H19N3O3. The molecule has 0 bridgehead atoms. The molecule has 0 aliphatic carbocycles. The molecule has 0 fully saturated rings. The van der Waals surface area contributed by atoms with Crippen LogP contribution in [0.3, 0.4) is 0 Å². The zero-order chi connectivity index (χ0) is 16.3. The number of hydroxylamine groups is 1. The number of urea groups is 1. The highest BCUT2D eigenvalue weighted by molar-refractivity contribution is 5.94. The molecule has 3 N–H and O–H groups in total. The second-order valence-electron chi connectivity index (χ2n) is 4.75. The van der Waals surface area contributed by atoms with Gasteiger partial charge in [0.1, 0.15) is 0 Å². The SMILES string of the molecule is O=C(NCCNC(=O)c1ccccc1)NOCc1ccccc1. The summed E-state index contributed by atoms with van der Waals surface area (Å²) in [6.07, 6.45) is 0. The standard InChI is InChI=1S/C17H19N3O3/c21-16(15-9-5-2-6-10-15)18-11-12-19-17(22)20-23-13-14-7-3-1-4-8-14/h1-10H,11-13H2,(H,18,21)(H2,19,20,22). The second kappa shape index (κ2) is 9.22. The van der Waals surface area contributed by atoms with E-state index in [9.17, 15) is 9.59 Å². The number of rotatable bonds is 7.